The number of anilines is 5. The summed E-state index contributed by atoms with van der Waals surface area (Å²) in [6.45, 7) is 7.68. The number of hydrogen-bond donors (Lipinski definition) is 2. The van der Waals surface area contributed by atoms with E-state index in [1.54, 1.807) is 11.9 Å². The highest BCUT2D eigenvalue weighted by atomic mass is 16.2. The number of fused-ring (bicyclic) bond motifs is 2. The van der Waals surface area contributed by atoms with Gasteiger partial charge in [0.1, 0.15) is 5.82 Å². The molecule has 0 radical (unpaired) electrons. The van der Waals surface area contributed by atoms with Gasteiger partial charge >= 0.3 is 6.03 Å². The van der Waals surface area contributed by atoms with Crippen molar-refractivity contribution in [3.8, 4) is 0 Å². The van der Waals surface area contributed by atoms with Crippen molar-refractivity contribution >= 4 is 34.9 Å². The summed E-state index contributed by atoms with van der Waals surface area (Å²) in [5.74, 6) is 1.15. The van der Waals surface area contributed by atoms with Crippen molar-refractivity contribution in [3.05, 3.63) is 65.4 Å². The molecule has 9 nitrogen and oxygen atoms in total. The molecule has 2 amide bonds. The Morgan fingerprint density at radius 1 is 1.03 bits per heavy atom. The SMILES string of the molecule is Cc1cccc2c1NCC[C@H]2N1Cc2cnc(Nc3ccc(N4CCN(C)CC4)cc3)nc2N(C)C1=O. The molecule has 3 aliphatic heterocycles. The van der Waals surface area contributed by atoms with E-state index < -0.39 is 0 Å². The molecule has 0 aliphatic carbocycles. The van der Waals surface area contributed by atoms with Crippen LogP contribution >= 0.6 is 0 Å². The van der Waals surface area contributed by atoms with Gasteiger partial charge < -0.3 is 25.3 Å². The standard InChI is InChI=1S/C28H34N8O/c1-19-5-4-6-23-24(11-12-29-25(19)23)36-18-20-17-30-27(32-26(20)34(3)28(36)37)31-21-7-9-22(10-8-21)35-15-13-33(2)14-16-35/h4-10,17,24,29H,11-16,18H2,1-3H3,(H,30,31,32)/t24-/m1/s1. The summed E-state index contributed by atoms with van der Waals surface area (Å²) in [4.78, 5) is 31.2. The molecule has 2 aromatic carbocycles. The molecule has 1 atom stereocenters. The molecule has 3 aliphatic rings. The molecule has 192 valence electrons. The maximum atomic E-state index is 13.5. The van der Waals surface area contributed by atoms with Crippen LogP contribution in [-0.4, -0.2) is 72.6 Å². The van der Waals surface area contributed by atoms with Gasteiger partial charge in [0.25, 0.3) is 0 Å². The van der Waals surface area contributed by atoms with E-state index in [1.165, 1.54) is 16.8 Å². The van der Waals surface area contributed by atoms with Gasteiger partial charge in [-0.25, -0.2) is 9.78 Å². The van der Waals surface area contributed by atoms with E-state index >= 15 is 0 Å². The molecule has 0 bridgehead atoms. The number of nitrogens with zero attached hydrogens (tertiary/aromatic N) is 6. The fraction of sp³-hybridized carbons (Fsp3) is 0.393. The molecule has 6 rings (SSSR count). The summed E-state index contributed by atoms with van der Waals surface area (Å²) >= 11 is 0. The van der Waals surface area contributed by atoms with Crippen LogP contribution in [0.2, 0.25) is 0 Å². The van der Waals surface area contributed by atoms with E-state index in [0.29, 0.717) is 18.3 Å². The van der Waals surface area contributed by atoms with Crippen LogP contribution in [0, 0.1) is 6.92 Å². The Kier molecular flexibility index (Phi) is 6.08. The van der Waals surface area contributed by atoms with Crippen molar-refractivity contribution < 1.29 is 4.79 Å². The third-order valence-corrected chi connectivity index (χ3v) is 7.78. The van der Waals surface area contributed by atoms with Crippen LogP contribution in [0.5, 0.6) is 0 Å². The molecule has 1 saturated heterocycles. The van der Waals surface area contributed by atoms with E-state index in [9.17, 15) is 4.79 Å². The van der Waals surface area contributed by atoms with E-state index in [0.717, 1.165) is 56.1 Å². The Balaban J connectivity index is 1.19. The minimum absolute atomic E-state index is 0.0240. The highest BCUT2D eigenvalue weighted by Gasteiger charge is 2.36. The van der Waals surface area contributed by atoms with Crippen LogP contribution in [-0.2, 0) is 6.54 Å². The first-order valence-electron chi connectivity index (χ1n) is 13.0. The molecule has 1 aromatic heterocycles. The molecule has 2 N–H and O–H groups in total. The van der Waals surface area contributed by atoms with Gasteiger partial charge in [-0.15, -0.1) is 0 Å². The zero-order valence-electron chi connectivity index (χ0n) is 21.7. The Hall–Kier alpha value is -3.85. The molecular formula is C28H34N8O. The lowest BCUT2D eigenvalue weighted by molar-refractivity contribution is 0.170. The molecule has 0 saturated carbocycles. The number of piperazine rings is 1. The van der Waals surface area contributed by atoms with E-state index in [4.69, 9.17) is 4.98 Å². The lowest BCUT2D eigenvalue weighted by Crippen LogP contribution is -2.48. The zero-order chi connectivity index (χ0) is 25.5. The number of rotatable bonds is 4. The minimum atomic E-state index is -0.0342. The highest BCUT2D eigenvalue weighted by Crippen LogP contribution is 2.40. The van der Waals surface area contributed by atoms with Gasteiger partial charge in [-0.3, -0.25) is 4.90 Å². The normalized spacial score (nSPS) is 19.8. The van der Waals surface area contributed by atoms with Crippen molar-refractivity contribution in [1.29, 1.82) is 0 Å². The van der Waals surface area contributed by atoms with Crippen molar-refractivity contribution in [3.63, 3.8) is 0 Å². The summed E-state index contributed by atoms with van der Waals surface area (Å²) in [6.07, 6.45) is 2.72. The van der Waals surface area contributed by atoms with Gasteiger partial charge in [-0.1, -0.05) is 18.2 Å². The minimum Gasteiger partial charge on any atom is -0.384 e. The van der Waals surface area contributed by atoms with Gasteiger partial charge in [0, 0.05) is 68.6 Å². The quantitative estimate of drug-likeness (QED) is 0.558. The second-order valence-electron chi connectivity index (χ2n) is 10.2. The van der Waals surface area contributed by atoms with Crippen molar-refractivity contribution in [2.45, 2.75) is 25.9 Å². The molecule has 37 heavy (non-hydrogen) atoms. The largest absolute Gasteiger partial charge is 0.384 e. The van der Waals surface area contributed by atoms with Gasteiger partial charge in [-0.05, 0) is 55.8 Å². The Bertz CT molecular complexity index is 1300. The van der Waals surface area contributed by atoms with Crippen molar-refractivity contribution in [2.24, 2.45) is 0 Å². The van der Waals surface area contributed by atoms with Crippen LogP contribution in [0.1, 0.15) is 29.2 Å². The van der Waals surface area contributed by atoms with Crippen LogP contribution in [0.3, 0.4) is 0 Å². The number of urea groups is 1. The van der Waals surface area contributed by atoms with Crippen LogP contribution in [0.4, 0.5) is 33.6 Å². The van der Waals surface area contributed by atoms with E-state index in [2.05, 4.69) is 81.9 Å². The van der Waals surface area contributed by atoms with Crippen LogP contribution in [0.25, 0.3) is 0 Å². The molecule has 3 aromatic rings. The molecule has 9 heteroatoms. The highest BCUT2D eigenvalue weighted by molar-refractivity contribution is 5.93. The van der Waals surface area contributed by atoms with Gasteiger partial charge in [0.2, 0.25) is 5.95 Å². The number of likely N-dealkylation sites (N-methyl/N-ethyl adjacent to an activating group) is 1. The van der Waals surface area contributed by atoms with Crippen LogP contribution < -0.4 is 20.4 Å². The molecule has 1 fully saturated rings. The predicted octanol–water partition coefficient (Wildman–Crippen LogP) is 4.21. The lowest BCUT2D eigenvalue weighted by atomic mass is 9.93. The van der Waals surface area contributed by atoms with Gasteiger partial charge in [-0.2, -0.15) is 4.98 Å². The topological polar surface area (TPSA) is 79.9 Å². The maximum Gasteiger partial charge on any atom is 0.326 e. The average molecular weight is 499 g/mol. The number of amides is 2. The van der Waals surface area contributed by atoms with E-state index in [-0.39, 0.29) is 12.1 Å². The molecule has 0 spiro atoms. The maximum absolute atomic E-state index is 13.5. The van der Waals surface area contributed by atoms with Crippen molar-refractivity contribution in [1.82, 2.24) is 19.8 Å². The third-order valence-electron chi connectivity index (χ3n) is 7.78. The number of aromatic nitrogens is 2. The molecule has 4 heterocycles. The number of aryl methyl sites for hydroxylation is 1. The second kappa shape index (κ2) is 9.55. The lowest BCUT2D eigenvalue weighted by Gasteiger charge is -2.41. The zero-order valence-corrected chi connectivity index (χ0v) is 21.7. The first-order chi connectivity index (χ1) is 18.0. The number of carbonyl (C=O) groups excluding carboxylic acids is 1. The first-order valence-corrected chi connectivity index (χ1v) is 13.0. The number of para-hydroxylation sites is 1. The van der Waals surface area contributed by atoms with E-state index in [1.807, 2.05) is 11.1 Å². The number of hydrogen-bond acceptors (Lipinski definition) is 7. The summed E-state index contributed by atoms with van der Waals surface area (Å²) in [7, 11) is 3.96. The van der Waals surface area contributed by atoms with Gasteiger partial charge in [0.05, 0.1) is 12.6 Å². The number of benzene rings is 2. The van der Waals surface area contributed by atoms with Gasteiger partial charge in [0.15, 0.2) is 0 Å². The van der Waals surface area contributed by atoms with Crippen LogP contribution in [0.15, 0.2) is 48.7 Å². The Morgan fingerprint density at radius 3 is 2.59 bits per heavy atom. The first kappa shape index (κ1) is 23.5. The Labute approximate surface area is 218 Å². The molecular weight excluding hydrogens is 464 g/mol. The second-order valence-corrected chi connectivity index (χ2v) is 10.2. The fourth-order valence-electron chi connectivity index (χ4n) is 5.61. The monoisotopic (exact) mass is 498 g/mol. The average Bonchev–Trinajstić information content (AvgIpc) is 2.92. The summed E-state index contributed by atoms with van der Waals surface area (Å²) in [6, 6.07) is 14.7. The van der Waals surface area contributed by atoms with Crippen molar-refractivity contribution in [2.75, 3.05) is 67.3 Å². The molecule has 0 unspecified atom stereocenters. The number of carbonyl (C=O) groups is 1. The predicted molar refractivity (Wildman–Crippen MR) is 148 cm³/mol. The Morgan fingerprint density at radius 2 is 1.81 bits per heavy atom. The summed E-state index contributed by atoms with van der Waals surface area (Å²) < 4.78 is 0. The smallest absolute Gasteiger partial charge is 0.326 e. The third kappa shape index (κ3) is 4.44. The number of nitrogens with one attached hydrogen (secondary N) is 2. The summed E-state index contributed by atoms with van der Waals surface area (Å²) in [5.41, 5.74) is 6.63. The fourth-order valence-corrected chi connectivity index (χ4v) is 5.61. The summed E-state index contributed by atoms with van der Waals surface area (Å²) in [5, 5.41) is 6.82.